The summed E-state index contributed by atoms with van der Waals surface area (Å²) in [5.74, 6) is -0.880. The fourth-order valence-electron chi connectivity index (χ4n) is 2.24. The number of nitrogens with two attached hydrogens (primary N) is 1. The van der Waals surface area contributed by atoms with Gasteiger partial charge in [-0.3, -0.25) is 9.59 Å². The van der Waals surface area contributed by atoms with Gasteiger partial charge < -0.3 is 10.6 Å². The summed E-state index contributed by atoms with van der Waals surface area (Å²) in [6.45, 7) is 6.36. The van der Waals surface area contributed by atoms with Crippen molar-refractivity contribution in [2.75, 3.05) is 13.6 Å². The standard InChI is InChI=1S/C18H27FN2O2.ClH/c1-12(2)16(20)8-9-21(4)17(22)10-13(3)18(23)14-6-5-7-15(19)11-14;/h5-7,11-13,16H,8-10,20H2,1-4H3;1H. The van der Waals surface area contributed by atoms with E-state index in [-0.39, 0.29) is 36.6 Å². The molecule has 0 aromatic heterocycles. The largest absolute Gasteiger partial charge is 0.346 e. The van der Waals surface area contributed by atoms with Gasteiger partial charge in [0, 0.05) is 37.5 Å². The number of carbonyl (C=O) groups is 2. The van der Waals surface area contributed by atoms with Crippen LogP contribution in [0.5, 0.6) is 0 Å². The topological polar surface area (TPSA) is 63.4 Å². The Kier molecular flexibility index (Phi) is 9.78. The highest BCUT2D eigenvalue weighted by Crippen LogP contribution is 2.15. The molecule has 0 heterocycles. The monoisotopic (exact) mass is 358 g/mol. The predicted octanol–water partition coefficient (Wildman–Crippen LogP) is 3.29. The third-order valence-electron chi connectivity index (χ3n) is 4.12. The molecule has 2 unspecified atom stereocenters. The summed E-state index contributed by atoms with van der Waals surface area (Å²) < 4.78 is 13.2. The molecule has 0 radical (unpaired) electrons. The van der Waals surface area contributed by atoms with Crippen molar-refractivity contribution in [2.24, 2.45) is 17.6 Å². The van der Waals surface area contributed by atoms with Crippen LogP contribution in [0.2, 0.25) is 0 Å². The quantitative estimate of drug-likeness (QED) is 0.725. The van der Waals surface area contributed by atoms with E-state index < -0.39 is 11.7 Å². The van der Waals surface area contributed by atoms with Crippen LogP contribution in [0.1, 0.15) is 44.0 Å². The van der Waals surface area contributed by atoms with E-state index in [0.717, 1.165) is 6.42 Å². The van der Waals surface area contributed by atoms with E-state index in [1.54, 1.807) is 24.9 Å². The predicted molar refractivity (Wildman–Crippen MR) is 96.8 cm³/mol. The summed E-state index contributed by atoms with van der Waals surface area (Å²) in [5, 5.41) is 0. The Morgan fingerprint density at radius 2 is 1.88 bits per heavy atom. The van der Waals surface area contributed by atoms with Crippen molar-refractivity contribution in [1.82, 2.24) is 4.90 Å². The molecule has 1 amide bonds. The molecule has 4 nitrogen and oxygen atoms in total. The van der Waals surface area contributed by atoms with Gasteiger partial charge in [-0.1, -0.05) is 32.9 Å². The second-order valence-corrected chi connectivity index (χ2v) is 6.49. The fourth-order valence-corrected chi connectivity index (χ4v) is 2.24. The SMILES string of the molecule is CC(CC(=O)N(C)CCC(N)C(C)C)C(=O)c1cccc(F)c1.Cl. The lowest BCUT2D eigenvalue weighted by molar-refractivity contribution is -0.130. The molecular formula is C18H28ClFN2O2. The molecule has 0 spiro atoms. The minimum Gasteiger partial charge on any atom is -0.346 e. The van der Waals surface area contributed by atoms with Crippen LogP contribution >= 0.6 is 12.4 Å². The van der Waals surface area contributed by atoms with E-state index in [1.165, 1.54) is 18.2 Å². The van der Waals surface area contributed by atoms with Gasteiger partial charge in [0.05, 0.1) is 0 Å². The lowest BCUT2D eigenvalue weighted by atomic mass is 9.95. The maximum absolute atomic E-state index is 13.2. The van der Waals surface area contributed by atoms with Crippen molar-refractivity contribution in [2.45, 2.75) is 39.7 Å². The zero-order chi connectivity index (χ0) is 17.6. The van der Waals surface area contributed by atoms with Crippen molar-refractivity contribution in [3.8, 4) is 0 Å². The summed E-state index contributed by atoms with van der Waals surface area (Å²) in [6.07, 6.45) is 0.842. The zero-order valence-corrected chi connectivity index (χ0v) is 15.6. The van der Waals surface area contributed by atoms with Gasteiger partial charge in [-0.15, -0.1) is 12.4 Å². The van der Waals surface area contributed by atoms with Crippen LogP contribution in [0.4, 0.5) is 4.39 Å². The molecule has 6 heteroatoms. The van der Waals surface area contributed by atoms with Gasteiger partial charge in [0.2, 0.25) is 5.91 Å². The molecule has 0 aliphatic carbocycles. The smallest absolute Gasteiger partial charge is 0.223 e. The molecule has 0 fully saturated rings. The molecule has 1 aromatic rings. The van der Waals surface area contributed by atoms with Crippen LogP contribution in [0.25, 0.3) is 0 Å². The van der Waals surface area contributed by atoms with Crippen LogP contribution < -0.4 is 5.73 Å². The Hall–Kier alpha value is -1.46. The molecule has 0 aliphatic rings. The minimum atomic E-state index is -0.481. The van der Waals surface area contributed by atoms with Crippen molar-refractivity contribution in [3.63, 3.8) is 0 Å². The van der Waals surface area contributed by atoms with Crippen molar-refractivity contribution >= 4 is 24.1 Å². The summed E-state index contributed by atoms with van der Waals surface area (Å²) in [5.41, 5.74) is 6.28. The molecular weight excluding hydrogens is 331 g/mol. The van der Waals surface area contributed by atoms with E-state index in [9.17, 15) is 14.0 Å². The maximum atomic E-state index is 13.2. The van der Waals surface area contributed by atoms with Gasteiger partial charge in [0.15, 0.2) is 5.78 Å². The molecule has 0 saturated carbocycles. The summed E-state index contributed by atoms with van der Waals surface area (Å²) in [6, 6.07) is 5.61. The van der Waals surface area contributed by atoms with Gasteiger partial charge in [-0.25, -0.2) is 4.39 Å². The first kappa shape index (κ1) is 22.5. The first-order chi connectivity index (χ1) is 10.7. The third kappa shape index (κ3) is 6.97. The molecule has 2 N–H and O–H groups in total. The first-order valence-corrected chi connectivity index (χ1v) is 8.01. The summed E-state index contributed by atoms with van der Waals surface area (Å²) >= 11 is 0. The van der Waals surface area contributed by atoms with Crippen LogP contribution in [0, 0.1) is 17.7 Å². The normalized spacial score (nSPS) is 13.1. The first-order valence-electron chi connectivity index (χ1n) is 8.01. The van der Waals surface area contributed by atoms with Gasteiger partial charge in [-0.2, -0.15) is 0 Å². The van der Waals surface area contributed by atoms with Crippen molar-refractivity contribution < 1.29 is 14.0 Å². The average molecular weight is 359 g/mol. The third-order valence-corrected chi connectivity index (χ3v) is 4.12. The number of carbonyl (C=O) groups excluding carboxylic acids is 2. The number of ketones is 1. The Labute approximate surface area is 150 Å². The molecule has 0 bridgehead atoms. The van der Waals surface area contributed by atoms with Gasteiger partial charge in [0.25, 0.3) is 0 Å². The van der Waals surface area contributed by atoms with Crippen LogP contribution in [0.15, 0.2) is 24.3 Å². The molecule has 1 rings (SSSR count). The van der Waals surface area contributed by atoms with E-state index in [2.05, 4.69) is 0 Å². The number of nitrogens with zero attached hydrogens (tertiary/aromatic N) is 1. The molecule has 2 atom stereocenters. The number of benzene rings is 1. The van der Waals surface area contributed by atoms with Crippen LogP contribution in [0.3, 0.4) is 0 Å². The highest BCUT2D eigenvalue weighted by Gasteiger charge is 2.21. The average Bonchev–Trinajstić information content (AvgIpc) is 2.50. The molecule has 24 heavy (non-hydrogen) atoms. The number of hydrogen-bond donors (Lipinski definition) is 1. The number of rotatable bonds is 8. The van der Waals surface area contributed by atoms with Gasteiger partial charge in [0.1, 0.15) is 5.82 Å². The second-order valence-electron chi connectivity index (χ2n) is 6.49. The lowest BCUT2D eigenvalue weighted by Gasteiger charge is -2.22. The highest BCUT2D eigenvalue weighted by atomic mass is 35.5. The van der Waals surface area contributed by atoms with Gasteiger partial charge in [-0.05, 0) is 24.5 Å². The minimum absolute atomic E-state index is 0. The Morgan fingerprint density at radius 1 is 1.25 bits per heavy atom. The van der Waals surface area contributed by atoms with E-state index in [4.69, 9.17) is 5.73 Å². The molecule has 0 aliphatic heterocycles. The van der Waals surface area contributed by atoms with E-state index in [0.29, 0.717) is 18.0 Å². The number of hydrogen-bond acceptors (Lipinski definition) is 3. The maximum Gasteiger partial charge on any atom is 0.223 e. The molecule has 1 aromatic carbocycles. The Balaban J connectivity index is 0.00000529. The fraction of sp³-hybridized carbons (Fsp3) is 0.556. The van der Waals surface area contributed by atoms with Crippen LogP contribution in [-0.2, 0) is 4.79 Å². The number of halogens is 2. The number of amides is 1. The molecule has 136 valence electrons. The Bertz CT molecular complexity index is 552. The molecule has 0 saturated heterocycles. The number of Topliss-reactive ketones (excluding diaryl/α,β-unsaturated/α-hetero) is 1. The zero-order valence-electron chi connectivity index (χ0n) is 14.8. The van der Waals surface area contributed by atoms with E-state index >= 15 is 0 Å². The van der Waals surface area contributed by atoms with Crippen LogP contribution in [-0.4, -0.2) is 36.2 Å². The Morgan fingerprint density at radius 3 is 2.42 bits per heavy atom. The van der Waals surface area contributed by atoms with Crippen molar-refractivity contribution in [1.29, 1.82) is 0 Å². The summed E-state index contributed by atoms with van der Waals surface area (Å²) in [4.78, 5) is 26.1. The van der Waals surface area contributed by atoms with Gasteiger partial charge >= 0.3 is 0 Å². The lowest BCUT2D eigenvalue weighted by Crippen LogP contribution is -2.35. The second kappa shape index (κ2) is 10.4. The van der Waals surface area contributed by atoms with E-state index in [1.807, 2.05) is 13.8 Å². The highest BCUT2D eigenvalue weighted by molar-refractivity contribution is 5.99. The van der Waals surface area contributed by atoms with Crippen molar-refractivity contribution in [3.05, 3.63) is 35.6 Å². The summed E-state index contributed by atoms with van der Waals surface area (Å²) in [7, 11) is 1.72.